The molecule has 1 aromatic carbocycles. The van der Waals surface area contributed by atoms with Gasteiger partial charge in [0.05, 0.1) is 6.54 Å². The first-order valence-electron chi connectivity index (χ1n) is 10.3. The number of carbonyl (C=O) groups is 3. The summed E-state index contributed by atoms with van der Waals surface area (Å²) in [4.78, 5) is 40.4. The van der Waals surface area contributed by atoms with Gasteiger partial charge in [-0.2, -0.15) is 0 Å². The molecule has 0 saturated carbocycles. The SMILES string of the molecule is CN(CC(=O)NC(C)(C)C)C(=O)C[NH+]1CC[NH+](CC(=O)Nc2ccc(F)cc2)CC1. The molecule has 9 heteroatoms. The molecule has 4 N–H and O–H groups in total. The number of anilines is 1. The van der Waals surface area contributed by atoms with E-state index in [2.05, 4.69) is 10.6 Å². The summed E-state index contributed by atoms with van der Waals surface area (Å²) >= 11 is 0. The Kier molecular flexibility index (Phi) is 8.31. The Bertz CT molecular complexity index is 740. The standard InChI is InChI=1S/C21H32FN5O3/c1-21(2,3)24-19(29)13-25(4)20(30)15-27-11-9-26(10-12-27)14-18(28)23-17-7-5-16(22)6-8-17/h5-8H,9-15H2,1-4H3,(H,23,28)(H,24,29)/p+2. The van der Waals surface area contributed by atoms with Gasteiger partial charge in [-0.3, -0.25) is 14.4 Å². The third kappa shape index (κ3) is 8.46. The normalized spacial score (nSPS) is 19.1. The van der Waals surface area contributed by atoms with Crippen LogP contribution in [0, 0.1) is 5.82 Å². The third-order valence-corrected chi connectivity index (χ3v) is 4.92. The van der Waals surface area contributed by atoms with E-state index >= 15 is 0 Å². The minimum absolute atomic E-state index is 0.0459. The van der Waals surface area contributed by atoms with Crippen LogP contribution in [0.1, 0.15) is 20.8 Å². The first-order chi connectivity index (χ1) is 14.0. The molecule has 0 radical (unpaired) electrons. The highest BCUT2D eigenvalue weighted by Crippen LogP contribution is 2.07. The lowest BCUT2D eigenvalue weighted by molar-refractivity contribution is -1.00. The summed E-state index contributed by atoms with van der Waals surface area (Å²) in [6.07, 6.45) is 0. The predicted molar refractivity (Wildman–Crippen MR) is 112 cm³/mol. The maximum Gasteiger partial charge on any atom is 0.279 e. The number of nitrogens with zero attached hydrogens (tertiary/aromatic N) is 1. The lowest BCUT2D eigenvalue weighted by Crippen LogP contribution is -3.28. The van der Waals surface area contributed by atoms with Crippen LogP contribution >= 0.6 is 0 Å². The molecule has 1 saturated heterocycles. The maximum atomic E-state index is 12.9. The smallest absolute Gasteiger partial charge is 0.279 e. The van der Waals surface area contributed by atoms with E-state index in [1.807, 2.05) is 20.8 Å². The van der Waals surface area contributed by atoms with Gasteiger partial charge in [-0.05, 0) is 45.0 Å². The number of halogens is 1. The van der Waals surface area contributed by atoms with E-state index in [1.165, 1.54) is 29.2 Å². The molecule has 0 bridgehead atoms. The van der Waals surface area contributed by atoms with Gasteiger partial charge >= 0.3 is 0 Å². The molecule has 3 amide bonds. The van der Waals surface area contributed by atoms with Crippen LogP contribution in [0.3, 0.4) is 0 Å². The van der Waals surface area contributed by atoms with Crippen molar-refractivity contribution >= 4 is 23.4 Å². The third-order valence-electron chi connectivity index (χ3n) is 4.92. The molecule has 0 unspecified atom stereocenters. The van der Waals surface area contributed by atoms with E-state index in [0.717, 1.165) is 36.0 Å². The van der Waals surface area contributed by atoms with Crippen LogP contribution in [-0.4, -0.2) is 81.0 Å². The van der Waals surface area contributed by atoms with Gasteiger partial charge in [0, 0.05) is 18.3 Å². The van der Waals surface area contributed by atoms with Crippen LogP contribution < -0.4 is 20.4 Å². The zero-order valence-corrected chi connectivity index (χ0v) is 18.3. The molecule has 1 aliphatic rings. The van der Waals surface area contributed by atoms with E-state index < -0.39 is 0 Å². The predicted octanol–water partition coefficient (Wildman–Crippen LogP) is -2.08. The van der Waals surface area contributed by atoms with Crippen LogP contribution in [0.5, 0.6) is 0 Å². The summed E-state index contributed by atoms with van der Waals surface area (Å²) < 4.78 is 12.9. The highest BCUT2D eigenvalue weighted by atomic mass is 19.1. The summed E-state index contributed by atoms with van der Waals surface area (Å²) in [6.45, 7) is 9.57. The Morgan fingerprint density at radius 3 is 2.03 bits per heavy atom. The number of hydrogen-bond acceptors (Lipinski definition) is 3. The van der Waals surface area contributed by atoms with Crippen LogP contribution in [-0.2, 0) is 14.4 Å². The van der Waals surface area contributed by atoms with Gasteiger partial charge in [0.25, 0.3) is 11.8 Å². The minimum atomic E-state index is -0.340. The fraction of sp³-hybridized carbons (Fsp3) is 0.571. The lowest BCUT2D eigenvalue weighted by atomic mass is 10.1. The average molecular weight is 424 g/mol. The zero-order chi connectivity index (χ0) is 22.3. The summed E-state index contributed by atoms with van der Waals surface area (Å²) in [6, 6.07) is 5.69. The van der Waals surface area contributed by atoms with Crippen LogP contribution in [0.15, 0.2) is 24.3 Å². The first-order valence-corrected chi connectivity index (χ1v) is 10.3. The first kappa shape index (κ1) is 23.8. The van der Waals surface area contributed by atoms with Crippen LogP contribution in [0.4, 0.5) is 10.1 Å². The molecule has 8 nitrogen and oxygen atoms in total. The second kappa shape index (κ2) is 10.5. The second-order valence-corrected chi connectivity index (χ2v) is 8.96. The van der Waals surface area contributed by atoms with Crippen molar-refractivity contribution in [3.05, 3.63) is 30.1 Å². The van der Waals surface area contributed by atoms with Gasteiger partial charge < -0.3 is 25.3 Å². The zero-order valence-electron chi connectivity index (χ0n) is 18.3. The molecule has 0 aliphatic carbocycles. The number of quaternary nitrogens is 2. The highest BCUT2D eigenvalue weighted by Gasteiger charge is 2.28. The summed E-state index contributed by atoms with van der Waals surface area (Å²) in [5.41, 5.74) is 0.253. The highest BCUT2D eigenvalue weighted by molar-refractivity contribution is 5.91. The quantitative estimate of drug-likeness (QED) is 0.406. The monoisotopic (exact) mass is 423 g/mol. The average Bonchev–Trinajstić information content (AvgIpc) is 2.63. The molecule has 1 heterocycles. The van der Waals surface area contributed by atoms with Gasteiger partial charge in [-0.25, -0.2) is 4.39 Å². The van der Waals surface area contributed by atoms with Crippen molar-refractivity contribution in [3.63, 3.8) is 0 Å². The van der Waals surface area contributed by atoms with Crippen molar-refractivity contribution in [2.45, 2.75) is 26.3 Å². The largest absolute Gasteiger partial charge is 0.350 e. The van der Waals surface area contributed by atoms with Crippen molar-refractivity contribution in [3.8, 4) is 0 Å². The molecule has 0 atom stereocenters. The Labute approximate surface area is 177 Å². The van der Waals surface area contributed by atoms with E-state index in [-0.39, 0.29) is 35.6 Å². The fourth-order valence-corrected chi connectivity index (χ4v) is 3.39. The summed E-state index contributed by atoms with van der Waals surface area (Å²) in [7, 11) is 1.64. The van der Waals surface area contributed by atoms with Gasteiger partial charge in [0.1, 0.15) is 32.0 Å². The van der Waals surface area contributed by atoms with Crippen LogP contribution in [0.25, 0.3) is 0 Å². The molecule has 30 heavy (non-hydrogen) atoms. The number of hydrogen-bond donors (Lipinski definition) is 4. The molecule has 0 aromatic heterocycles. The Morgan fingerprint density at radius 2 is 1.50 bits per heavy atom. The topological polar surface area (TPSA) is 87.4 Å². The minimum Gasteiger partial charge on any atom is -0.350 e. The Balaban J connectivity index is 1.69. The molecular weight excluding hydrogens is 389 g/mol. The number of rotatable bonds is 7. The van der Waals surface area contributed by atoms with Gasteiger partial charge in [0.15, 0.2) is 13.1 Å². The van der Waals surface area contributed by atoms with Crippen molar-refractivity contribution < 1.29 is 28.6 Å². The lowest BCUT2D eigenvalue weighted by Gasteiger charge is -2.30. The number of nitrogens with one attached hydrogen (secondary N) is 4. The molecule has 1 aromatic rings. The van der Waals surface area contributed by atoms with Gasteiger partial charge in [0.2, 0.25) is 5.91 Å². The fourth-order valence-electron chi connectivity index (χ4n) is 3.39. The molecule has 2 rings (SSSR count). The maximum absolute atomic E-state index is 12.9. The van der Waals surface area contributed by atoms with E-state index in [4.69, 9.17) is 0 Å². The number of piperazine rings is 1. The molecule has 1 fully saturated rings. The molecule has 0 spiro atoms. The number of benzene rings is 1. The van der Waals surface area contributed by atoms with Crippen molar-refractivity contribution in [2.24, 2.45) is 0 Å². The van der Waals surface area contributed by atoms with E-state index in [9.17, 15) is 18.8 Å². The van der Waals surface area contributed by atoms with E-state index in [0.29, 0.717) is 18.8 Å². The Morgan fingerprint density at radius 1 is 0.967 bits per heavy atom. The number of carbonyl (C=O) groups excluding carboxylic acids is 3. The molecular formula is C21H34FN5O3+2. The molecule has 166 valence electrons. The van der Waals surface area contributed by atoms with Gasteiger partial charge in [-0.1, -0.05) is 0 Å². The van der Waals surface area contributed by atoms with Crippen molar-refractivity contribution in [1.82, 2.24) is 10.2 Å². The van der Waals surface area contributed by atoms with Gasteiger partial charge in [-0.15, -0.1) is 0 Å². The van der Waals surface area contributed by atoms with Crippen molar-refractivity contribution in [1.29, 1.82) is 0 Å². The number of amides is 3. The van der Waals surface area contributed by atoms with Crippen molar-refractivity contribution in [2.75, 3.05) is 58.2 Å². The van der Waals surface area contributed by atoms with E-state index in [1.54, 1.807) is 7.05 Å². The number of likely N-dealkylation sites (N-methyl/N-ethyl adjacent to an activating group) is 1. The Hall–Kier alpha value is -2.52. The summed E-state index contributed by atoms with van der Waals surface area (Å²) in [5, 5.41) is 5.63. The van der Waals surface area contributed by atoms with Crippen LogP contribution in [0.2, 0.25) is 0 Å². The summed E-state index contributed by atoms with van der Waals surface area (Å²) in [5.74, 6) is -0.685. The second-order valence-electron chi connectivity index (χ2n) is 8.96. The molecule has 1 aliphatic heterocycles.